The molecule has 0 saturated carbocycles. The molecule has 2 N–H and O–H groups in total. The van der Waals surface area contributed by atoms with Crippen molar-refractivity contribution < 1.29 is 22.8 Å². The molecular formula is C21H21F3N4O3. The number of rotatable bonds is 6. The Kier molecular flexibility index (Phi) is 6.19. The summed E-state index contributed by atoms with van der Waals surface area (Å²) in [6.45, 7) is 3.55. The number of carbonyl (C=O) groups excluding carboxylic acids is 2. The molecule has 10 heteroatoms. The van der Waals surface area contributed by atoms with E-state index in [9.17, 15) is 27.6 Å². The fourth-order valence-corrected chi connectivity index (χ4v) is 3.34. The van der Waals surface area contributed by atoms with Gasteiger partial charge in [-0.1, -0.05) is 12.1 Å². The van der Waals surface area contributed by atoms with Crippen LogP contribution in [0.2, 0.25) is 0 Å². The van der Waals surface area contributed by atoms with Gasteiger partial charge in [0.25, 0.3) is 0 Å². The molecule has 7 nitrogen and oxygen atoms in total. The Labute approximate surface area is 175 Å². The van der Waals surface area contributed by atoms with Gasteiger partial charge in [0, 0.05) is 26.4 Å². The van der Waals surface area contributed by atoms with E-state index in [1.165, 1.54) is 11.5 Å². The van der Waals surface area contributed by atoms with Crippen LogP contribution in [0.3, 0.4) is 0 Å². The third-order valence-electron chi connectivity index (χ3n) is 4.74. The van der Waals surface area contributed by atoms with E-state index in [0.29, 0.717) is 12.1 Å². The highest BCUT2D eigenvalue weighted by Gasteiger charge is 2.31. The molecule has 1 aromatic heterocycles. The Morgan fingerprint density at radius 3 is 2.19 bits per heavy atom. The first-order valence-electron chi connectivity index (χ1n) is 9.58. The number of benzene rings is 2. The maximum absolute atomic E-state index is 13.1. The van der Waals surface area contributed by atoms with Gasteiger partial charge < -0.3 is 10.6 Å². The van der Waals surface area contributed by atoms with Crippen LogP contribution in [0, 0.1) is 0 Å². The van der Waals surface area contributed by atoms with Crippen LogP contribution in [0.4, 0.5) is 24.5 Å². The van der Waals surface area contributed by atoms with E-state index in [4.69, 9.17) is 0 Å². The predicted octanol–water partition coefficient (Wildman–Crippen LogP) is 3.83. The maximum atomic E-state index is 13.1. The zero-order valence-electron chi connectivity index (χ0n) is 16.9. The quantitative estimate of drug-likeness (QED) is 0.619. The number of aromatic nitrogens is 2. The monoisotopic (exact) mass is 434 g/mol. The Bertz CT molecular complexity index is 1190. The summed E-state index contributed by atoms with van der Waals surface area (Å²) in [6, 6.07) is 9.82. The summed E-state index contributed by atoms with van der Waals surface area (Å²) < 4.78 is 42.2. The average Bonchev–Trinajstić information content (AvgIpc) is 2.97. The summed E-state index contributed by atoms with van der Waals surface area (Å²) in [5.41, 5.74) is 0.0574. The second-order valence-electron chi connectivity index (χ2n) is 6.90. The maximum Gasteiger partial charge on any atom is 0.416 e. The van der Waals surface area contributed by atoms with Crippen LogP contribution in [-0.2, 0) is 28.9 Å². The van der Waals surface area contributed by atoms with Crippen LogP contribution in [0.25, 0.3) is 11.0 Å². The number of nitrogens with one attached hydrogen (secondary N) is 2. The Morgan fingerprint density at radius 1 is 0.968 bits per heavy atom. The van der Waals surface area contributed by atoms with Crippen molar-refractivity contribution in [3.63, 3.8) is 0 Å². The molecule has 0 aliphatic heterocycles. The summed E-state index contributed by atoms with van der Waals surface area (Å²) in [5.74, 6) is -1.08. The van der Waals surface area contributed by atoms with Gasteiger partial charge in [0.2, 0.25) is 11.8 Å². The van der Waals surface area contributed by atoms with Crippen molar-refractivity contribution in [1.29, 1.82) is 0 Å². The van der Waals surface area contributed by atoms with Crippen LogP contribution in [-0.4, -0.2) is 20.9 Å². The number of halogens is 3. The molecule has 0 fully saturated rings. The van der Waals surface area contributed by atoms with Crippen LogP contribution in [0.15, 0.2) is 47.3 Å². The minimum Gasteiger partial charge on any atom is -0.325 e. The Morgan fingerprint density at radius 2 is 1.61 bits per heavy atom. The zero-order chi connectivity index (χ0) is 22.8. The topological polar surface area (TPSA) is 85.1 Å². The van der Waals surface area contributed by atoms with Crippen LogP contribution in [0.1, 0.15) is 25.8 Å². The molecule has 31 heavy (non-hydrogen) atoms. The number of hydrogen-bond acceptors (Lipinski definition) is 3. The van der Waals surface area contributed by atoms with E-state index in [1.54, 1.807) is 22.8 Å². The van der Waals surface area contributed by atoms with Crippen molar-refractivity contribution in [1.82, 2.24) is 9.13 Å². The first-order chi connectivity index (χ1) is 14.6. The molecule has 2 aromatic carbocycles. The lowest BCUT2D eigenvalue weighted by molar-refractivity contribution is -0.137. The number of anilines is 2. The smallest absolute Gasteiger partial charge is 0.325 e. The molecule has 0 radical (unpaired) electrons. The molecule has 0 aliphatic carbocycles. The highest BCUT2D eigenvalue weighted by atomic mass is 19.4. The van der Waals surface area contributed by atoms with Crippen molar-refractivity contribution in [3.8, 4) is 0 Å². The fourth-order valence-electron chi connectivity index (χ4n) is 3.34. The van der Waals surface area contributed by atoms with Crippen molar-refractivity contribution in [2.75, 3.05) is 10.6 Å². The van der Waals surface area contributed by atoms with Crippen LogP contribution < -0.4 is 16.3 Å². The lowest BCUT2D eigenvalue weighted by atomic mass is 10.1. The van der Waals surface area contributed by atoms with Crippen LogP contribution in [0.5, 0.6) is 0 Å². The Balaban J connectivity index is 1.83. The summed E-state index contributed by atoms with van der Waals surface area (Å²) in [6.07, 6.45) is -4.75. The number of alkyl halides is 3. The van der Waals surface area contributed by atoms with Crippen molar-refractivity contribution in [3.05, 3.63) is 58.5 Å². The van der Waals surface area contributed by atoms with Gasteiger partial charge >= 0.3 is 11.9 Å². The van der Waals surface area contributed by atoms with Crippen molar-refractivity contribution in [2.45, 2.75) is 39.5 Å². The number of para-hydroxylation sites is 2. The lowest BCUT2D eigenvalue weighted by Crippen LogP contribution is -2.26. The standard InChI is InChI=1S/C21H21F3N4O3/c1-3-27-17-6-4-5-7-18(17)28(20(27)31)11-10-19(30)26-16-12-14(21(22,23)24)8-9-15(16)25-13(2)29/h4-9,12H,3,10-11H2,1-2H3,(H,25,29)(H,26,30). The summed E-state index contributed by atoms with van der Waals surface area (Å²) in [7, 11) is 0. The molecule has 3 aromatic rings. The van der Waals surface area contributed by atoms with Crippen LogP contribution >= 0.6 is 0 Å². The fraction of sp³-hybridized carbons (Fsp3) is 0.286. The van der Waals surface area contributed by atoms with Gasteiger partial charge in [-0.15, -0.1) is 0 Å². The van der Waals surface area contributed by atoms with Gasteiger partial charge in [0.1, 0.15) is 0 Å². The van der Waals surface area contributed by atoms with E-state index in [-0.39, 0.29) is 30.0 Å². The minimum absolute atomic E-state index is 0.0482. The predicted molar refractivity (Wildman–Crippen MR) is 111 cm³/mol. The number of hydrogen-bond donors (Lipinski definition) is 2. The van der Waals surface area contributed by atoms with Gasteiger partial charge in [-0.05, 0) is 37.3 Å². The van der Waals surface area contributed by atoms with Gasteiger partial charge in [-0.25, -0.2) is 4.79 Å². The number of fused-ring (bicyclic) bond motifs is 1. The third kappa shape index (κ3) is 4.79. The molecule has 2 amide bonds. The molecule has 0 aliphatic rings. The molecule has 1 heterocycles. The average molecular weight is 434 g/mol. The molecule has 0 spiro atoms. The van der Waals surface area contributed by atoms with Crippen molar-refractivity contribution >= 4 is 34.2 Å². The molecule has 0 atom stereocenters. The zero-order valence-corrected chi connectivity index (χ0v) is 16.9. The first-order valence-corrected chi connectivity index (χ1v) is 9.58. The number of aryl methyl sites for hydroxylation is 2. The second-order valence-corrected chi connectivity index (χ2v) is 6.90. The SMILES string of the molecule is CCn1c(=O)n(CCC(=O)Nc2cc(C(F)(F)F)ccc2NC(C)=O)c2ccccc21. The van der Waals surface area contributed by atoms with Gasteiger partial charge in [-0.3, -0.25) is 18.7 Å². The largest absolute Gasteiger partial charge is 0.416 e. The normalized spacial score (nSPS) is 11.5. The summed E-state index contributed by atoms with van der Waals surface area (Å²) >= 11 is 0. The van der Waals surface area contributed by atoms with E-state index in [1.807, 2.05) is 13.0 Å². The third-order valence-corrected chi connectivity index (χ3v) is 4.74. The highest BCUT2D eigenvalue weighted by molar-refractivity contribution is 5.99. The first kappa shape index (κ1) is 22.1. The number of carbonyl (C=O) groups is 2. The molecule has 0 saturated heterocycles. The van der Waals surface area contributed by atoms with Gasteiger partial charge in [-0.2, -0.15) is 13.2 Å². The van der Waals surface area contributed by atoms with Gasteiger partial charge in [0.05, 0.1) is 28.0 Å². The van der Waals surface area contributed by atoms with E-state index in [0.717, 1.165) is 23.7 Å². The van der Waals surface area contributed by atoms with E-state index in [2.05, 4.69) is 10.6 Å². The number of imidazole rings is 1. The molecule has 0 unspecified atom stereocenters. The van der Waals surface area contributed by atoms with E-state index < -0.39 is 23.6 Å². The highest BCUT2D eigenvalue weighted by Crippen LogP contribution is 2.34. The molecular weight excluding hydrogens is 413 g/mol. The van der Waals surface area contributed by atoms with E-state index >= 15 is 0 Å². The lowest BCUT2D eigenvalue weighted by Gasteiger charge is -2.15. The Hall–Kier alpha value is -3.56. The molecule has 0 bridgehead atoms. The molecule has 3 rings (SSSR count). The molecule has 164 valence electrons. The second kappa shape index (κ2) is 8.66. The van der Waals surface area contributed by atoms with Crippen molar-refractivity contribution in [2.24, 2.45) is 0 Å². The number of amides is 2. The van der Waals surface area contributed by atoms with Gasteiger partial charge in [0.15, 0.2) is 0 Å². The summed E-state index contributed by atoms with van der Waals surface area (Å²) in [5, 5.41) is 4.81. The minimum atomic E-state index is -4.61. The summed E-state index contributed by atoms with van der Waals surface area (Å²) in [4.78, 5) is 36.5. The number of nitrogens with zero attached hydrogens (tertiary/aromatic N) is 2.